The third kappa shape index (κ3) is 5.45. The number of nitrogens with one attached hydrogen (secondary N) is 1. The van der Waals surface area contributed by atoms with Gasteiger partial charge in [-0.15, -0.1) is 0 Å². The second-order valence-corrected chi connectivity index (χ2v) is 9.67. The maximum atomic E-state index is 12.6. The van der Waals surface area contributed by atoms with Crippen LogP contribution in [-0.2, 0) is 10.2 Å². The standard InChI is InChI=1S/C28H32N4O2/c1-19-17-25(29-24-10-7-6-9-23(19)24)32-26(18-20(2)31-32)30-27(33)11-8-16-34-22-14-12-21(13-15-22)28(3,4)5/h6-7,9-10,12-15,17-18H,8,11,16H2,1-5H3,(H,30,33). The van der Waals surface area contributed by atoms with Gasteiger partial charge in [-0.3, -0.25) is 4.79 Å². The Morgan fingerprint density at radius 2 is 1.76 bits per heavy atom. The number of aromatic nitrogens is 3. The van der Waals surface area contributed by atoms with Crippen molar-refractivity contribution in [2.45, 2.75) is 52.9 Å². The van der Waals surface area contributed by atoms with Gasteiger partial charge in [0.25, 0.3) is 0 Å². The maximum Gasteiger partial charge on any atom is 0.225 e. The molecule has 0 atom stereocenters. The molecule has 0 aliphatic carbocycles. The summed E-state index contributed by atoms with van der Waals surface area (Å²) in [7, 11) is 0. The van der Waals surface area contributed by atoms with Gasteiger partial charge in [0, 0.05) is 17.9 Å². The van der Waals surface area contributed by atoms with Gasteiger partial charge in [0.2, 0.25) is 5.91 Å². The van der Waals surface area contributed by atoms with Crippen LogP contribution in [0.5, 0.6) is 5.75 Å². The highest BCUT2D eigenvalue weighted by Gasteiger charge is 2.14. The van der Waals surface area contributed by atoms with Gasteiger partial charge in [0.15, 0.2) is 5.82 Å². The van der Waals surface area contributed by atoms with E-state index in [1.54, 1.807) is 4.68 Å². The number of carbonyl (C=O) groups is 1. The quantitative estimate of drug-likeness (QED) is 0.340. The molecule has 1 N–H and O–H groups in total. The van der Waals surface area contributed by atoms with Crippen molar-refractivity contribution in [3.05, 3.63) is 77.5 Å². The average Bonchev–Trinajstić information content (AvgIpc) is 3.16. The number of hydrogen-bond donors (Lipinski definition) is 1. The van der Waals surface area contributed by atoms with Gasteiger partial charge in [0.1, 0.15) is 11.6 Å². The summed E-state index contributed by atoms with van der Waals surface area (Å²) in [5.74, 6) is 2.04. The lowest BCUT2D eigenvalue weighted by atomic mass is 9.87. The molecule has 34 heavy (non-hydrogen) atoms. The van der Waals surface area contributed by atoms with Crippen LogP contribution in [0.15, 0.2) is 60.7 Å². The molecule has 0 spiro atoms. The van der Waals surface area contributed by atoms with Crippen LogP contribution in [-0.4, -0.2) is 27.3 Å². The van der Waals surface area contributed by atoms with Crippen LogP contribution in [0.4, 0.5) is 5.82 Å². The topological polar surface area (TPSA) is 69.0 Å². The number of fused-ring (bicyclic) bond motifs is 1. The number of pyridine rings is 1. The van der Waals surface area contributed by atoms with E-state index in [9.17, 15) is 4.79 Å². The monoisotopic (exact) mass is 456 g/mol. The van der Waals surface area contributed by atoms with Crippen LogP contribution in [0.25, 0.3) is 16.7 Å². The van der Waals surface area contributed by atoms with Crippen LogP contribution in [0.3, 0.4) is 0 Å². The van der Waals surface area contributed by atoms with Crippen molar-refractivity contribution in [1.29, 1.82) is 0 Å². The van der Waals surface area contributed by atoms with Gasteiger partial charge in [-0.1, -0.05) is 51.1 Å². The van der Waals surface area contributed by atoms with Crippen molar-refractivity contribution in [3.63, 3.8) is 0 Å². The fraction of sp³-hybridized carbons (Fsp3) is 0.321. The molecule has 2 aromatic heterocycles. The maximum absolute atomic E-state index is 12.6. The zero-order valence-corrected chi connectivity index (χ0v) is 20.6. The summed E-state index contributed by atoms with van der Waals surface area (Å²) in [4.78, 5) is 17.4. The molecule has 2 heterocycles. The SMILES string of the molecule is Cc1cc(NC(=O)CCCOc2ccc(C(C)(C)C)cc2)n(-c2cc(C)c3ccccc3n2)n1. The summed E-state index contributed by atoms with van der Waals surface area (Å²) >= 11 is 0. The highest BCUT2D eigenvalue weighted by Crippen LogP contribution is 2.25. The summed E-state index contributed by atoms with van der Waals surface area (Å²) in [5.41, 5.74) is 4.20. The molecule has 0 saturated carbocycles. The second kappa shape index (κ2) is 9.67. The number of hydrogen-bond acceptors (Lipinski definition) is 4. The van der Waals surface area contributed by atoms with Crippen molar-refractivity contribution >= 4 is 22.6 Å². The van der Waals surface area contributed by atoms with Gasteiger partial charge in [0.05, 0.1) is 17.8 Å². The molecule has 2 aromatic carbocycles. The summed E-state index contributed by atoms with van der Waals surface area (Å²) in [6.45, 7) is 11.0. The minimum absolute atomic E-state index is 0.0784. The average molecular weight is 457 g/mol. The third-order valence-corrected chi connectivity index (χ3v) is 5.76. The Kier molecular flexibility index (Phi) is 6.68. The van der Waals surface area contributed by atoms with Crippen LogP contribution in [0, 0.1) is 13.8 Å². The molecule has 0 bridgehead atoms. The number of ether oxygens (including phenoxy) is 1. The van der Waals surface area contributed by atoms with Crippen LogP contribution < -0.4 is 10.1 Å². The number of nitrogens with zero attached hydrogens (tertiary/aromatic N) is 3. The van der Waals surface area contributed by atoms with Crippen molar-refractivity contribution in [2.24, 2.45) is 0 Å². The van der Waals surface area contributed by atoms with Crippen LogP contribution in [0.1, 0.15) is 50.4 Å². The smallest absolute Gasteiger partial charge is 0.225 e. The molecule has 0 saturated heterocycles. The molecule has 176 valence electrons. The van der Waals surface area contributed by atoms with Crippen molar-refractivity contribution < 1.29 is 9.53 Å². The Morgan fingerprint density at radius 3 is 2.50 bits per heavy atom. The van der Waals surface area contributed by atoms with E-state index in [0.29, 0.717) is 31.1 Å². The lowest BCUT2D eigenvalue weighted by Gasteiger charge is -2.19. The molecule has 0 unspecified atom stereocenters. The highest BCUT2D eigenvalue weighted by atomic mass is 16.5. The van der Waals surface area contributed by atoms with Gasteiger partial charge >= 0.3 is 0 Å². The molecular formula is C28H32N4O2. The van der Waals surface area contributed by atoms with E-state index < -0.39 is 0 Å². The summed E-state index contributed by atoms with van der Waals surface area (Å²) in [6, 6.07) is 20.0. The van der Waals surface area contributed by atoms with E-state index in [0.717, 1.165) is 27.9 Å². The van der Waals surface area contributed by atoms with Crippen molar-refractivity contribution in [1.82, 2.24) is 14.8 Å². The molecule has 6 nitrogen and oxygen atoms in total. The van der Waals surface area contributed by atoms with E-state index in [1.165, 1.54) is 5.56 Å². The second-order valence-electron chi connectivity index (χ2n) is 9.67. The molecular weight excluding hydrogens is 424 g/mol. The largest absolute Gasteiger partial charge is 0.494 e. The van der Waals surface area contributed by atoms with Gasteiger partial charge < -0.3 is 10.1 Å². The predicted molar refractivity (Wildman–Crippen MR) is 137 cm³/mol. The van der Waals surface area contributed by atoms with Crippen molar-refractivity contribution in [2.75, 3.05) is 11.9 Å². The van der Waals surface area contributed by atoms with Gasteiger partial charge in [-0.05, 0) is 61.1 Å². The highest BCUT2D eigenvalue weighted by molar-refractivity contribution is 5.90. The number of amides is 1. The summed E-state index contributed by atoms with van der Waals surface area (Å²) in [5, 5.41) is 8.65. The normalized spacial score (nSPS) is 11.6. The van der Waals surface area contributed by atoms with E-state index in [1.807, 2.05) is 49.4 Å². The van der Waals surface area contributed by atoms with Crippen LogP contribution in [0.2, 0.25) is 0 Å². The van der Waals surface area contributed by atoms with Gasteiger partial charge in [-0.25, -0.2) is 4.98 Å². The Balaban J connectivity index is 1.36. The minimum Gasteiger partial charge on any atom is -0.494 e. The van der Waals surface area contributed by atoms with E-state index in [2.05, 4.69) is 56.3 Å². The Bertz CT molecular complexity index is 1300. The Labute approximate surface area is 201 Å². The van der Waals surface area contributed by atoms with E-state index in [-0.39, 0.29) is 11.3 Å². The van der Waals surface area contributed by atoms with E-state index >= 15 is 0 Å². The fourth-order valence-electron chi connectivity index (χ4n) is 3.88. The minimum atomic E-state index is -0.0784. The summed E-state index contributed by atoms with van der Waals surface area (Å²) < 4.78 is 7.51. The number of benzene rings is 2. The fourth-order valence-corrected chi connectivity index (χ4v) is 3.88. The summed E-state index contributed by atoms with van der Waals surface area (Å²) in [6.07, 6.45) is 0.974. The Hall–Kier alpha value is -3.67. The van der Waals surface area contributed by atoms with Crippen molar-refractivity contribution in [3.8, 4) is 11.6 Å². The first-order valence-electron chi connectivity index (χ1n) is 11.7. The first kappa shape index (κ1) is 23.5. The van der Waals surface area contributed by atoms with E-state index in [4.69, 9.17) is 9.72 Å². The molecule has 6 heteroatoms. The third-order valence-electron chi connectivity index (χ3n) is 5.76. The number of para-hydroxylation sites is 1. The number of anilines is 1. The zero-order valence-electron chi connectivity index (χ0n) is 20.6. The first-order valence-corrected chi connectivity index (χ1v) is 11.7. The lowest BCUT2D eigenvalue weighted by molar-refractivity contribution is -0.116. The molecule has 0 radical (unpaired) electrons. The molecule has 0 aliphatic rings. The molecule has 0 aliphatic heterocycles. The molecule has 1 amide bonds. The number of rotatable bonds is 7. The number of aryl methyl sites for hydroxylation is 2. The molecule has 4 rings (SSSR count). The van der Waals surface area contributed by atoms with Gasteiger partial charge in [-0.2, -0.15) is 9.78 Å². The predicted octanol–water partition coefficient (Wildman–Crippen LogP) is 6.13. The lowest BCUT2D eigenvalue weighted by Crippen LogP contribution is -2.16. The molecule has 4 aromatic rings. The first-order chi connectivity index (χ1) is 16.2. The zero-order chi connectivity index (χ0) is 24.3. The Morgan fingerprint density at radius 1 is 1.03 bits per heavy atom. The number of carbonyl (C=O) groups excluding carboxylic acids is 1. The molecule has 0 fully saturated rings. The van der Waals surface area contributed by atoms with Crippen LogP contribution >= 0.6 is 0 Å².